The predicted molar refractivity (Wildman–Crippen MR) is 115 cm³/mol. The summed E-state index contributed by atoms with van der Waals surface area (Å²) >= 11 is 0. The van der Waals surface area contributed by atoms with Crippen LogP contribution < -0.4 is 5.32 Å². The second kappa shape index (κ2) is 10.2. The van der Waals surface area contributed by atoms with Crippen molar-refractivity contribution in [3.05, 3.63) is 71.8 Å². The number of nitrogens with one attached hydrogen (secondary N) is 1. The molecule has 0 spiro atoms. The third-order valence-corrected chi connectivity index (χ3v) is 5.83. The molecular weight excluding hydrogens is 362 g/mol. The summed E-state index contributed by atoms with van der Waals surface area (Å²) in [5, 5.41) is 3.21. The third-order valence-electron chi connectivity index (χ3n) is 5.83. The van der Waals surface area contributed by atoms with E-state index in [-0.39, 0.29) is 17.9 Å². The van der Waals surface area contributed by atoms with Gasteiger partial charge in [0.05, 0.1) is 6.04 Å². The second-order valence-corrected chi connectivity index (χ2v) is 7.77. The summed E-state index contributed by atoms with van der Waals surface area (Å²) in [4.78, 5) is 28.4. The first kappa shape index (κ1) is 21.1. The topological polar surface area (TPSA) is 52.7 Å². The first-order chi connectivity index (χ1) is 14.0. The zero-order valence-electron chi connectivity index (χ0n) is 17.4. The summed E-state index contributed by atoms with van der Waals surface area (Å²) in [6.07, 6.45) is 2.41. The molecule has 0 atom stereocenters. The molecule has 1 heterocycles. The van der Waals surface area contributed by atoms with E-state index in [1.807, 2.05) is 72.6 Å². The number of benzene rings is 2. The van der Waals surface area contributed by atoms with Crippen LogP contribution in [0.2, 0.25) is 0 Å². The van der Waals surface area contributed by atoms with Crippen molar-refractivity contribution in [3.8, 4) is 0 Å². The minimum Gasteiger partial charge on any atom is -0.345 e. The fourth-order valence-corrected chi connectivity index (χ4v) is 3.93. The van der Waals surface area contributed by atoms with Gasteiger partial charge in [-0.25, -0.2) is 0 Å². The highest BCUT2D eigenvalue weighted by Crippen LogP contribution is 2.22. The lowest BCUT2D eigenvalue weighted by Crippen LogP contribution is -2.45. The van der Waals surface area contributed by atoms with Gasteiger partial charge in [0.2, 0.25) is 11.8 Å². The predicted octanol–water partition coefficient (Wildman–Crippen LogP) is 3.23. The number of hydrogen-bond acceptors (Lipinski definition) is 3. The lowest BCUT2D eigenvalue weighted by Gasteiger charge is -2.36. The van der Waals surface area contributed by atoms with Gasteiger partial charge in [-0.05, 0) is 24.0 Å². The molecular formula is C24H31N3O2. The molecule has 1 aliphatic rings. The van der Waals surface area contributed by atoms with Gasteiger partial charge in [-0.2, -0.15) is 0 Å². The molecule has 29 heavy (non-hydrogen) atoms. The number of carbonyl (C=O) groups is 2. The molecule has 2 aromatic rings. The highest BCUT2D eigenvalue weighted by Gasteiger charge is 2.24. The van der Waals surface area contributed by atoms with Gasteiger partial charge in [-0.15, -0.1) is 0 Å². The first-order valence-corrected chi connectivity index (χ1v) is 10.4. The Morgan fingerprint density at radius 2 is 1.52 bits per heavy atom. The SMILES string of the molecule is CC(=O)N(C)C1CCN(CCC(=O)NC(c2ccccc2)c2ccccc2)CC1. The van der Waals surface area contributed by atoms with E-state index in [2.05, 4.69) is 10.2 Å². The first-order valence-electron chi connectivity index (χ1n) is 10.4. The van der Waals surface area contributed by atoms with Crippen molar-refractivity contribution in [2.24, 2.45) is 0 Å². The largest absolute Gasteiger partial charge is 0.345 e. The van der Waals surface area contributed by atoms with Crippen LogP contribution in [0, 0.1) is 0 Å². The molecule has 0 bridgehead atoms. The number of likely N-dealkylation sites (tertiary alicyclic amines) is 1. The van der Waals surface area contributed by atoms with E-state index in [0.717, 1.165) is 43.6 Å². The lowest BCUT2D eigenvalue weighted by molar-refractivity contribution is -0.130. The van der Waals surface area contributed by atoms with Crippen molar-refractivity contribution in [3.63, 3.8) is 0 Å². The number of nitrogens with zero attached hydrogens (tertiary/aromatic N) is 2. The van der Waals surface area contributed by atoms with Crippen LogP contribution >= 0.6 is 0 Å². The Morgan fingerprint density at radius 3 is 2.00 bits per heavy atom. The molecule has 0 radical (unpaired) electrons. The number of piperidine rings is 1. The standard InChI is InChI=1S/C24H31N3O2/c1-19(28)26(2)22-13-16-27(17-14-22)18-15-23(29)25-24(20-9-5-3-6-10-20)21-11-7-4-8-12-21/h3-12,22,24H,13-18H2,1-2H3,(H,25,29). The molecule has 2 aromatic carbocycles. The van der Waals surface area contributed by atoms with Gasteiger partial charge in [0.15, 0.2) is 0 Å². The summed E-state index contributed by atoms with van der Waals surface area (Å²) < 4.78 is 0. The molecule has 1 fully saturated rings. The van der Waals surface area contributed by atoms with E-state index in [4.69, 9.17) is 0 Å². The average molecular weight is 394 g/mol. The molecule has 0 aromatic heterocycles. The lowest BCUT2D eigenvalue weighted by atomic mass is 9.98. The monoisotopic (exact) mass is 393 g/mol. The molecule has 0 unspecified atom stereocenters. The van der Waals surface area contributed by atoms with Gasteiger partial charge in [0.1, 0.15) is 0 Å². The molecule has 1 N–H and O–H groups in total. The second-order valence-electron chi connectivity index (χ2n) is 7.77. The zero-order valence-corrected chi connectivity index (χ0v) is 17.4. The quantitative estimate of drug-likeness (QED) is 0.786. The van der Waals surface area contributed by atoms with Gasteiger partial charge < -0.3 is 15.1 Å². The van der Waals surface area contributed by atoms with Crippen LogP contribution in [0.3, 0.4) is 0 Å². The van der Waals surface area contributed by atoms with Crippen molar-refractivity contribution in [2.75, 3.05) is 26.7 Å². The van der Waals surface area contributed by atoms with Gasteiger partial charge >= 0.3 is 0 Å². The smallest absolute Gasteiger partial charge is 0.222 e. The minimum absolute atomic E-state index is 0.0608. The molecule has 2 amide bonds. The highest BCUT2D eigenvalue weighted by molar-refractivity contribution is 5.77. The maximum atomic E-state index is 12.7. The normalized spacial score (nSPS) is 15.3. The van der Waals surface area contributed by atoms with Crippen LogP contribution in [-0.2, 0) is 9.59 Å². The van der Waals surface area contributed by atoms with Crippen LogP contribution in [-0.4, -0.2) is 54.3 Å². The van der Waals surface area contributed by atoms with Gasteiger partial charge in [0, 0.05) is 46.1 Å². The molecule has 3 rings (SSSR count). The van der Waals surface area contributed by atoms with E-state index < -0.39 is 0 Å². The Bertz CT molecular complexity index is 747. The fraction of sp³-hybridized carbons (Fsp3) is 0.417. The highest BCUT2D eigenvalue weighted by atomic mass is 16.2. The molecule has 0 aliphatic carbocycles. The van der Waals surface area contributed by atoms with Crippen LogP contribution in [0.4, 0.5) is 0 Å². The third kappa shape index (κ3) is 5.91. The zero-order chi connectivity index (χ0) is 20.6. The molecule has 5 nitrogen and oxygen atoms in total. The average Bonchev–Trinajstić information content (AvgIpc) is 2.77. The minimum atomic E-state index is -0.139. The molecule has 1 saturated heterocycles. The van der Waals surface area contributed by atoms with Crippen molar-refractivity contribution >= 4 is 11.8 Å². The van der Waals surface area contributed by atoms with E-state index in [9.17, 15) is 9.59 Å². The Morgan fingerprint density at radius 1 is 1.00 bits per heavy atom. The van der Waals surface area contributed by atoms with Crippen molar-refractivity contribution < 1.29 is 9.59 Å². The van der Waals surface area contributed by atoms with Gasteiger partial charge in [0.25, 0.3) is 0 Å². The maximum Gasteiger partial charge on any atom is 0.222 e. The fourth-order valence-electron chi connectivity index (χ4n) is 3.93. The van der Waals surface area contributed by atoms with Gasteiger partial charge in [-0.1, -0.05) is 60.7 Å². The van der Waals surface area contributed by atoms with Crippen LogP contribution in [0.5, 0.6) is 0 Å². The summed E-state index contributed by atoms with van der Waals surface area (Å²) in [5.74, 6) is 0.182. The number of carbonyl (C=O) groups excluding carboxylic acids is 2. The molecule has 1 aliphatic heterocycles. The molecule has 154 valence electrons. The number of hydrogen-bond donors (Lipinski definition) is 1. The van der Waals surface area contributed by atoms with Crippen LogP contribution in [0.15, 0.2) is 60.7 Å². The van der Waals surface area contributed by atoms with Crippen LogP contribution in [0.1, 0.15) is 43.4 Å². The van der Waals surface area contributed by atoms with Crippen molar-refractivity contribution in [1.29, 1.82) is 0 Å². The van der Waals surface area contributed by atoms with Crippen molar-refractivity contribution in [1.82, 2.24) is 15.1 Å². The van der Waals surface area contributed by atoms with E-state index >= 15 is 0 Å². The Balaban J connectivity index is 1.53. The van der Waals surface area contributed by atoms with E-state index in [1.54, 1.807) is 6.92 Å². The molecule has 0 saturated carbocycles. The summed E-state index contributed by atoms with van der Waals surface area (Å²) in [7, 11) is 1.88. The summed E-state index contributed by atoms with van der Waals surface area (Å²) in [6, 6.07) is 20.3. The maximum absolute atomic E-state index is 12.7. The summed E-state index contributed by atoms with van der Waals surface area (Å²) in [6.45, 7) is 4.22. The van der Waals surface area contributed by atoms with Crippen LogP contribution in [0.25, 0.3) is 0 Å². The summed E-state index contributed by atoms with van der Waals surface area (Å²) in [5.41, 5.74) is 2.17. The number of amides is 2. The van der Waals surface area contributed by atoms with E-state index in [0.29, 0.717) is 12.5 Å². The Hall–Kier alpha value is -2.66. The molecule has 5 heteroatoms. The Kier molecular flexibility index (Phi) is 7.42. The Labute approximate surface area is 173 Å². The van der Waals surface area contributed by atoms with Gasteiger partial charge in [-0.3, -0.25) is 9.59 Å². The van der Waals surface area contributed by atoms with E-state index in [1.165, 1.54) is 0 Å². The number of rotatable bonds is 7. The van der Waals surface area contributed by atoms with Crippen molar-refractivity contribution in [2.45, 2.75) is 38.3 Å².